The summed E-state index contributed by atoms with van der Waals surface area (Å²) in [5.41, 5.74) is 0.834. The summed E-state index contributed by atoms with van der Waals surface area (Å²) >= 11 is 13.0. The van der Waals surface area contributed by atoms with Crippen LogP contribution in [0.2, 0.25) is 5.02 Å². The van der Waals surface area contributed by atoms with E-state index in [1.165, 1.54) is 18.1 Å². The Hall–Kier alpha value is -1.50. The fraction of sp³-hybridized carbons (Fsp3) is 0.278. The lowest BCUT2D eigenvalue weighted by Crippen LogP contribution is -2.37. The average Bonchev–Trinajstić information content (AvgIpc) is 2.60. The molecular formula is C18H20ClFN2OS2. The Balaban J connectivity index is 1.74. The maximum atomic E-state index is 13.7. The number of ether oxygens (including phenoxy) is 1. The van der Waals surface area contributed by atoms with Crippen molar-refractivity contribution in [1.29, 1.82) is 0 Å². The third-order valence-corrected chi connectivity index (χ3v) is 5.17. The van der Waals surface area contributed by atoms with Crippen molar-refractivity contribution in [2.75, 3.05) is 26.5 Å². The van der Waals surface area contributed by atoms with Crippen LogP contribution in [-0.2, 0) is 6.54 Å². The number of nitrogens with zero attached hydrogens (tertiary/aromatic N) is 1. The monoisotopic (exact) mass is 398 g/mol. The van der Waals surface area contributed by atoms with E-state index in [1.807, 2.05) is 42.3 Å². The molecule has 1 N–H and O–H groups in total. The normalized spacial score (nSPS) is 10.4. The molecule has 2 aromatic rings. The molecule has 0 saturated heterocycles. The number of methoxy groups -OCH3 is 1. The smallest absolute Gasteiger partial charge is 0.169 e. The van der Waals surface area contributed by atoms with Gasteiger partial charge in [0.2, 0.25) is 0 Å². The zero-order chi connectivity index (χ0) is 18.2. The fourth-order valence-corrected chi connectivity index (χ4v) is 3.21. The first kappa shape index (κ1) is 19.8. The Morgan fingerprint density at radius 1 is 1.28 bits per heavy atom. The van der Waals surface area contributed by atoms with Crippen molar-refractivity contribution in [3.63, 3.8) is 0 Å². The van der Waals surface area contributed by atoms with Crippen molar-refractivity contribution in [2.45, 2.75) is 11.4 Å². The number of benzene rings is 2. The zero-order valence-corrected chi connectivity index (χ0v) is 16.5. The van der Waals surface area contributed by atoms with Crippen LogP contribution in [0.15, 0.2) is 47.4 Å². The van der Waals surface area contributed by atoms with E-state index in [2.05, 4.69) is 5.32 Å². The molecule has 25 heavy (non-hydrogen) atoms. The van der Waals surface area contributed by atoms with Crippen LogP contribution in [0.1, 0.15) is 5.56 Å². The first-order valence-electron chi connectivity index (χ1n) is 7.69. The molecule has 0 atom stereocenters. The van der Waals surface area contributed by atoms with Gasteiger partial charge in [0, 0.05) is 35.8 Å². The number of nitrogens with one attached hydrogen (secondary N) is 1. The van der Waals surface area contributed by atoms with Crippen LogP contribution >= 0.6 is 35.6 Å². The molecule has 0 heterocycles. The summed E-state index contributed by atoms with van der Waals surface area (Å²) < 4.78 is 18.7. The van der Waals surface area contributed by atoms with E-state index >= 15 is 0 Å². The standard InChI is InChI=1S/C18H20ClFN2OS2/c1-22(12-13-3-8-17(23-2)16(20)11-13)18(24)21-9-10-25-15-6-4-14(19)5-7-15/h3-8,11H,9-10,12H2,1-2H3,(H,21,24). The molecule has 0 aromatic heterocycles. The molecule has 3 nitrogen and oxygen atoms in total. The van der Waals surface area contributed by atoms with Crippen molar-refractivity contribution in [3.8, 4) is 5.75 Å². The summed E-state index contributed by atoms with van der Waals surface area (Å²) in [6.07, 6.45) is 0. The van der Waals surface area contributed by atoms with Gasteiger partial charge in [0.15, 0.2) is 16.7 Å². The van der Waals surface area contributed by atoms with Gasteiger partial charge in [-0.15, -0.1) is 11.8 Å². The lowest BCUT2D eigenvalue weighted by atomic mass is 10.2. The van der Waals surface area contributed by atoms with E-state index in [4.69, 9.17) is 28.6 Å². The Labute approximate surface area is 162 Å². The molecule has 0 bridgehead atoms. The molecule has 7 heteroatoms. The van der Waals surface area contributed by atoms with Gasteiger partial charge >= 0.3 is 0 Å². The van der Waals surface area contributed by atoms with Crippen LogP contribution in [0.4, 0.5) is 4.39 Å². The third-order valence-electron chi connectivity index (χ3n) is 3.44. The lowest BCUT2D eigenvalue weighted by molar-refractivity contribution is 0.385. The Morgan fingerprint density at radius 3 is 2.64 bits per heavy atom. The van der Waals surface area contributed by atoms with Crippen molar-refractivity contribution < 1.29 is 9.13 Å². The predicted molar refractivity (Wildman–Crippen MR) is 107 cm³/mol. The molecule has 0 aliphatic rings. The van der Waals surface area contributed by atoms with E-state index in [0.29, 0.717) is 11.7 Å². The van der Waals surface area contributed by atoms with Gasteiger partial charge in [0.1, 0.15) is 0 Å². The van der Waals surface area contributed by atoms with Gasteiger partial charge < -0.3 is 15.0 Å². The minimum Gasteiger partial charge on any atom is -0.494 e. The quantitative estimate of drug-likeness (QED) is 0.418. The van der Waals surface area contributed by atoms with E-state index in [1.54, 1.807) is 17.8 Å². The second-order valence-corrected chi connectivity index (χ2v) is 7.35. The summed E-state index contributed by atoms with van der Waals surface area (Å²) in [4.78, 5) is 3.04. The molecule has 2 aromatic carbocycles. The van der Waals surface area contributed by atoms with E-state index in [-0.39, 0.29) is 11.6 Å². The van der Waals surface area contributed by atoms with Gasteiger partial charge in [-0.05, 0) is 54.2 Å². The van der Waals surface area contributed by atoms with Crippen LogP contribution in [0.5, 0.6) is 5.75 Å². The Bertz CT molecular complexity index is 713. The van der Waals surface area contributed by atoms with Crippen LogP contribution in [0, 0.1) is 5.82 Å². The topological polar surface area (TPSA) is 24.5 Å². The van der Waals surface area contributed by atoms with E-state index in [9.17, 15) is 4.39 Å². The van der Waals surface area contributed by atoms with Crippen LogP contribution in [0.25, 0.3) is 0 Å². The highest BCUT2D eigenvalue weighted by atomic mass is 35.5. The molecule has 0 radical (unpaired) electrons. The molecule has 0 amide bonds. The maximum absolute atomic E-state index is 13.7. The largest absolute Gasteiger partial charge is 0.494 e. The lowest BCUT2D eigenvalue weighted by Gasteiger charge is -2.21. The first-order valence-corrected chi connectivity index (χ1v) is 9.46. The Kier molecular flexibility index (Phi) is 7.81. The molecule has 0 unspecified atom stereocenters. The number of thioether (sulfide) groups is 1. The number of thiocarbonyl (C=S) groups is 1. The number of hydrogen-bond acceptors (Lipinski definition) is 3. The summed E-state index contributed by atoms with van der Waals surface area (Å²) in [5.74, 6) is 0.755. The molecular weight excluding hydrogens is 379 g/mol. The molecule has 0 aliphatic carbocycles. The van der Waals surface area contributed by atoms with Gasteiger partial charge in [0.05, 0.1) is 7.11 Å². The molecule has 0 saturated carbocycles. The summed E-state index contributed by atoms with van der Waals surface area (Å²) in [6, 6.07) is 12.7. The van der Waals surface area contributed by atoms with Gasteiger partial charge in [-0.1, -0.05) is 17.7 Å². The second kappa shape index (κ2) is 9.85. The van der Waals surface area contributed by atoms with Gasteiger partial charge in [-0.3, -0.25) is 0 Å². The van der Waals surface area contributed by atoms with Crippen LogP contribution < -0.4 is 10.1 Å². The number of halogens is 2. The van der Waals surface area contributed by atoms with E-state index in [0.717, 1.165) is 22.9 Å². The SMILES string of the molecule is COc1ccc(CN(C)C(=S)NCCSc2ccc(Cl)cc2)cc1F. The second-order valence-electron chi connectivity index (χ2n) is 5.36. The molecule has 0 fully saturated rings. The van der Waals surface area contributed by atoms with Crippen molar-refractivity contribution in [2.24, 2.45) is 0 Å². The van der Waals surface area contributed by atoms with Crippen LogP contribution in [0.3, 0.4) is 0 Å². The first-order chi connectivity index (χ1) is 12.0. The average molecular weight is 399 g/mol. The van der Waals surface area contributed by atoms with Crippen molar-refractivity contribution in [1.82, 2.24) is 10.2 Å². The molecule has 2 rings (SSSR count). The molecule has 134 valence electrons. The highest BCUT2D eigenvalue weighted by molar-refractivity contribution is 7.99. The van der Waals surface area contributed by atoms with E-state index < -0.39 is 0 Å². The minimum atomic E-state index is -0.369. The van der Waals surface area contributed by atoms with Crippen LogP contribution in [-0.4, -0.2) is 36.5 Å². The summed E-state index contributed by atoms with van der Waals surface area (Å²) in [6.45, 7) is 1.27. The highest BCUT2D eigenvalue weighted by Gasteiger charge is 2.08. The van der Waals surface area contributed by atoms with Gasteiger partial charge in [-0.25, -0.2) is 4.39 Å². The molecule has 0 spiro atoms. The highest BCUT2D eigenvalue weighted by Crippen LogP contribution is 2.20. The number of rotatable bonds is 7. The predicted octanol–water partition coefficient (Wildman–Crippen LogP) is 4.59. The minimum absolute atomic E-state index is 0.242. The third kappa shape index (κ3) is 6.38. The number of hydrogen-bond donors (Lipinski definition) is 1. The summed E-state index contributed by atoms with van der Waals surface area (Å²) in [7, 11) is 3.33. The fourth-order valence-electron chi connectivity index (χ4n) is 2.15. The van der Waals surface area contributed by atoms with Gasteiger partial charge in [-0.2, -0.15) is 0 Å². The van der Waals surface area contributed by atoms with Gasteiger partial charge in [0.25, 0.3) is 0 Å². The van der Waals surface area contributed by atoms with Crippen molar-refractivity contribution in [3.05, 3.63) is 58.9 Å². The summed E-state index contributed by atoms with van der Waals surface area (Å²) in [5, 5.41) is 4.58. The maximum Gasteiger partial charge on any atom is 0.169 e. The Morgan fingerprint density at radius 2 is 2.00 bits per heavy atom. The molecule has 0 aliphatic heterocycles. The zero-order valence-electron chi connectivity index (χ0n) is 14.1. The van der Waals surface area contributed by atoms with Crippen molar-refractivity contribution >= 4 is 40.7 Å².